The van der Waals surface area contributed by atoms with Gasteiger partial charge in [-0.1, -0.05) is 6.92 Å². The Morgan fingerprint density at radius 2 is 1.86 bits per heavy atom. The lowest BCUT2D eigenvalue weighted by Crippen LogP contribution is -2.52. The minimum absolute atomic E-state index is 0.872. The minimum atomic E-state index is 0.872. The zero-order valence-corrected chi connectivity index (χ0v) is 18.6. The summed E-state index contributed by atoms with van der Waals surface area (Å²) in [4.78, 5) is 12.0. The van der Waals surface area contributed by atoms with Gasteiger partial charge in [0.2, 0.25) is 0 Å². The molecule has 0 amide bonds. The molecular formula is C23H39N5O. The Morgan fingerprint density at radius 1 is 1.10 bits per heavy atom. The summed E-state index contributed by atoms with van der Waals surface area (Å²) in [6, 6.07) is 8.36. The lowest BCUT2D eigenvalue weighted by molar-refractivity contribution is 0.181. The van der Waals surface area contributed by atoms with E-state index in [1.54, 1.807) is 7.11 Å². The number of piperazine rings is 1. The predicted octanol–water partition coefficient (Wildman–Crippen LogP) is 2.90. The molecule has 2 saturated heterocycles. The molecule has 1 aromatic rings. The quantitative estimate of drug-likeness (QED) is 0.432. The Balaban J connectivity index is 1.34. The van der Waals surface area contributed by atoms with Crippen molar-refractivity contribution in [1.29, 1.82) is 0 Å². The average Bonchev–Trinajstić information content (AvgIpc) is 2.77. The molecular weight excluding hydrogens is 362 g/mol. The number of hydrogen-bond acceptors (Lipinski definition) is 4. The Morgan fingerprint density at radius 3 is 2.52 bits per heavy atom. The maximum atomic E-state index is 5.26. The number of benzene rings is 1. The number of unbranched alkanes of at least 4 members (excludes halogenated alkanes) is 1. The van der Waals surface area contributed by atoms with Crippen LogP contribution < -0.4 is 15.0 Å². The van der Waals surface area contributed by atoms with E-state index in [1.165, 1.54) is 51.0 Å². The maximum Gasteiger partial charge on any atom is 0.193 e. The third kappa shape index (κ3) is 6.53. The molecule has 29 heavy (non-hydrogen) atoms. The second kappa shape index (κ2) is 11.3. The van der Waals surface area contributed by atoms with E-state index < -0.39 is 0 Å². The standard InChI is InChI=1S/C23H39N5O/c1-20-7-6-14-26(19-20)13-5-4-12-25-23(24-2)28-17-15-27(16-18-28)21-8-10-22(29-3)11-9-21/h8-11,20H,4-7,12-19H2,1-3H3,(H,24,25). The minimum Gasteiger partial charge on any atom is -0.497 e. The lowest BCUT2D eigenvalue weighted by Gasteiger charge is -2.37. The summed E-state index contributed by atoms with van der Waals surface area (Å²) in [7, 11) is 3.60. The van der Waals surface area contributed by atoms with E-state index in [0.29, 0.717) is 0 Å². The molecule has 2 fully saturated rings. The normalized spacial score (nSPS) is 21.3. The molecule has 1 N–H and O–H groups in total. The first-order chi connectivity index (χ1) is 14.2. The molecule has 3 rings (SSSR count). The van der Waals surface area contributed by atoms with Crippen LogP contribution in [0.4, 0.5) is 5.69 Å². The number of hydrogen-bond donors (Lipinski definition) is 1. The second-order valence-corrected chi connectivity index (χ2v) is 8.40. The first-order valence-corrected chi connectivity index (χ1v) is 11.3. The predicted molar refractivity (Wildman–Crippen MR) is 122 cm³/mol. The van der Waals surface area contributed by atoms with Gasteiger partial charge in [0.15, 0.2) is 5.96 Å². The molecule has 1 aromatic carbocycles. The van der Waals surface area contributed by atoms with Gasteiger partial charge in [-0.15, -0.1) is 0 Å². The van der Waals surface area contributed by atoms with Crippen molar-refractivity contribution in [2.24, 2.45) is 10.9 Å². The number of ether oxygens (including phenoxy) is 1. The van der Waals surface area contributed by atoms with Gasteiger partial charge in [-0.3, -0.25) is 4.99 Å². The third-order valence-electron chi connectivity index (χ3n) is 6.15. The van der Waals surface area contributed by atoms with Crippen LogP contribution in [0.1, 0.15) is 32.6 Å². The SMILES string of the molecule is CN=C(NCCCCN1CCCC(C)C1)N1CCN(c2ccc(OC)cc2)CC1. The van der Waals surface area contributed by atoms with Gasteiger partial charge in [-0.05, 0) is 69.0 Å². The number of piperidine rings is 1. The largest absolute Gasteiger partial charge is 0.497 e. The lowest BCUT2D eigenvalue weighted by atomic mass is 10.0. The van der Waals surface area contributed by atoms with Gasteiger partial charge in [0, 0.05) is 52.0 Å². The average molecular weight is 402 g/mol. The van der Waals surface area contributed by atoms with E-state index in [0.717, 1.165) is 50.4 Å². The van der Waals surface area contributed by atoms with Crippen molar-refractivity contribution < 1.29 is 4.74 Å². The highest BCUT2D eigenvalue weighted by Gasteiger charge is 2.20. The summed E-state index contributed by atoms with van der Waals surface area (Å²) in [6.45, 7) is 11.2. The third-order valence-corrected chi connectivity index (χ3v) is 6.15. The topological polar surface area (TPSA) is 43.3 Å². The number of aliphatic imine (C=N–C) groups is 1. The van der Waals surface area contributed by atoms with Crippen molar-refractivity contribution >= 4 is 11.6 Å². The van der Waals surface area contributed by atoms with E-state index >= 15 is 0 Å². The Hall–Kier alpha value is -1.95. The molecule has 0 aromatic heterocycles. The van der Waals surface area contributed by atoms with Gasteiger partial charge >= 0.3 is 0 Å². The van der Waals surface area contributed by atoms with Crippen LogP contribution in [0, 0.1) is 5.92 Å². The first kappa shape index (κ1) is 21.8. The molecule has 0 bridgehead atoms. The van der Waals surface area contributed by atoms with Crippen molar-refractivity contribution in [2.45, 2.75) is 32.6 Å². The van der Waals surface area contributed by atoms with E-state index in [9.17, 15) is 0 Å². The Bertz CT molecular complexity index is 625. The van der Waals surface area contributed by atoms with Gasteiger partial charge in [0.05, 0.1) is 7.11 Å². The number of nitrogens with zero attached hydrogens (tertiary/aromatic N) is 4. The molecule has 6 heteroatoms. The molecule has 2 aliphatic heterocycles. The van der Waals surface area contributed by atoms with E-state index in [-0.39, 0.29) is 0 Å². The summed E-state index contributed by atoms with van der Waals surface area (Å²) in [5.41, 5.74) is 1.26. The van der Waals surface area contributed by atoms with Crippen LogP contribution in [0.3, 0.4) is 0 Å². The Labute approximate surface area is 176 Å². The smallest absolute Gasteiger partial charge is 0.193 e. The van der Waals surface area contributed by atoms with Crippen LogP contribution >= 0.6 is 0 Å². The summed E-state index contributed by atoms with van der Waals surface area (Å²) in [6.07, 6.45) is 5.24. The van der Waals surface area contributed by atoms with Crippen molar-refractivity contribution in [1.82, 2.24) is 15.1 Å². The van der Waals surface area contributed by atoms with E-state index in [2.05, 4.69) is 44.1 Å². The van der Waals surface area contributed by atoms with E-state index in [1.807, 2.05) is 19.2 Å². The zero-order chi connectivity index (χ0) is 20.5. The summed E-state index contributed by atoms with van der Waals surface area (Å²) < 4.78 is 5.26. The van der Waals surface area contributed by atoms with Crippen LogP contribution in [0.2, 0.25) is 0 Å². The van der Waals surface area contributed by atoms with Gasteiger partial charge in [-0.2, -0.15) is 0 Å². The highest BCUT2D eigenvalue weighted by Crippen LogP contribution is 2.20. The van der Waals surface area contributed by atoms with Gasteiger partial charge in [-0.25, -0.2) is 0 Å². The summed E-state index contributed by atoms with van der Waals surface area (Å²) >= 11 is 0. The van der Waals surface area contributed by atoms with Crippen molar-refractivity contribution in [3.05, 3.63) is 24.3 Å². The molecule has 0 radical (unpaired) electrons. The second-order valence-electron chi connectivity index (χ2n) is 8.40. The van der Waals surface area contributed by atoms with Crippen molar-refractivity contribution in [3.8, 4) is 5.75 Å². The number of anilines is 1. The molecule has 0 saturated carbocycles. The van der Waals surface area contributed by atoms with Gasteiger partial charge in [0.25, 0.3) is 0 Å². The summed E-state index contributed by atoms with van der Waals surface area (Å²) in [5, 5.41) is 3.58. The van der Waals surface area contributed by atoms with Crippen LogP contribution in [0.5, 0.6) is 5.75 Å². The molecule has 1 unspecified atom stereocenters. The van der Waals surface area contributed by atoms with Crippen LogP contribution in [-0.4, -0.2) is 82.3 Å². The van der Waals surface area contributed by atoms with Crippen molar-refractivity contribution in [3.63, 3.8) is 0 Å². The highest BCUT2D eigenvalue weighted by atomic mass is 16.5. The molecule has 6 nitrogen and oxygen atoms in total. The summed E-state index contributed by atoms with van der Waals surface area (Å²) in [5.74, 6) is 2.83. The monoisotopic (exact) mass is 401 g/mol. The highest BCUT2D eigenvalue weighted by molar-refractivity contribution is 5.80. The molecule has 0 spiro atoms. The fourth-order valence-corrected chi connectivity index (χ4v) is 4.45. The Kier molecular flexibility index (Phi) is 8.47. The molecule has 0 aliphatic carbocycles. The first-order valence-electron chi connectivity index (χ1n) is 11.3. The van der Waals surface area contributed by atoms with Crippen LogP contribution in [-0.2, 0) is 0 Å². The number of methoxy groups -OCH3 is 1. The molecule has 2 aliphatic rings. The number of nitrogens with one attached hydrogen (secondary N) is 1. The molecule has 1 atom stereocenters. The number of guanidine groups is 1. The number of likely N-dealkylation sites (tertiary alicyclic amines) is 1. The fourth-order valence-electron chi connectivity index (χ4n) is 4.45. The molecule has 2 heterocycles. The van der Waals surface area contributed by atoms with Gasteiger partial charge < -0.3 is 24.8 Å². The number of rotatable bonds is 7. The van der Waals surface area contributed by atoms with Crippen molar-refractivity contribution in [2.75, 3.05) is 71.4 Å². The van der Waals surface area contributed by atoms with E-state index in [4.69, 9.17) is 4.74 Å². The van der Waals surface area contributed by atoms with Crippen LogP contribution in [0.15, 0.2) is 29.3 Å². The fraction of sp³-hybridized carbons (Fsp3) is 0.696. The molecule has 162 valence electrons. The maximum absolute atomic E-state index is 5.26. The van der Waals surface area contributed by atoms with Crippen LogP contribution in [0.25, 0.3) is 0 Å². The van der Waals surface area contributed by atoms with Gasteiger partial charge in [0.1, 0.15) is 5.75 Å². The zero-order valence-electron chi connectivity index (χ0n) is 18.6.